The minimum Gasteiger partial charge on any atom is -0.321 e. The molecule has 0 saturated carbocycles. The molecule has 3 N–H and O–H groups in total. The first-order valence-corrected chi connectivity index (χ1v) is 11.5. The lowest BCUT2D eigenvalue weighted by atomic mass is 9.93. The number of nitrogens with one attached hydrogen (secondary N) is 3. The van der Waals surface area contributed by atoms with E-state index in [1.165, 1.54) is 11.3 Å². The minimum absolute atomic E-state index is 0.0652. The number of aromatic nitrogens is 6. The van der Waals surface area contributed by atoms with Crippen LogP contribution in [0, 0.1) is 0 Å². The summed E-state index contributed by atoms with van der Waals surface area (Å²) >= 11 is 1.47. The van der Waals surface area contributed by atoms with Crippen LogP contribution in [0.4, 0.5) is 0 Å². The molecule has 0 aliphatic carbocycles. The second-order valence-electron chi connectivity index (χ2n) is 8.11. The van der Waals surface area contributed by atoms with Crippen molar-refractivity contribution in [3.63, 3.8) is 0 Å². The Morgan fingerprint density at radius 2 is 2.03 bits per heavy atom. The summed E-state index contributed by atoms with van der Waals surface area (Å²) < 4.78 is 0. The van der Waals surface area contributed by atoms with Crippen LogP contribution in [0.3, 0.4) is 0 Å². The molecule has 1 fully saturated rings. The van der Waals surface area contributed by atoms with Gasteiger partial charge in [-0.05, 0) is 57.1 Å². The maximum Gasteiger partial charge on any atom is 0.169 e. The number of Topliss-reactive ketones (excluding diaryl/α,β-unsaturated/α-hetero) is 1. The van der Waals surface area contributed by atoms with Crippen molar-refractivity contribution in [3.05, 3.63) is 47.2 Å². The molecule has 0 atom stereocenters. The van der Waals surface area contributed by atoms with Gasteiger partial charge >= 0.3 is 0 Å². The zero-order valence-corrected chi connectivity index (χ0v) is 18.3. The predicted molar refractivity (Wildman–Crippen MR) is 125 cm³/mol. The highest BCUT2D eigenvalue weighted by atomic mass is 32.1. The Bertz CT molecular complexity index is 1460. The van der Waals surface area contributed by atoms with Crippen molar-refractivity contribution in [1.82, 2.24) is 35.5 Å². The van der Waals surface area contributed by atoms with Crippen LogP contribution < -0.4 is 5.32 Å². The van der Waals surface area contributed by atoms with Gasteiger partial charge in [0.15, 0.2) is 17.3 Å². The number of carbonyl (C=O) groups is 1. The van der Waals surface area contributed by atoms with Crippen molar-refractivity contribution in [2.24, 2.45) is 0 Å². The molecule has 0 spiro atoms. The molecule has 1 aliphatic heterocycles. The van der Waals surface area contributed by atoms with Crippen molar-refractivity contribution in [3.8, 4) is 22.0 Å². The third-order valence-electron chi connectivity index (χ3n) is 6.05. The Morgan fingerprint density at radius 3 is 2.84 bits per heavy atom. The Morgan fingerprint density at radius 1 is 1.16 bits per heavy atom. The van der Waals surface area contributed by atoms with E-state index < -0.39 is 0 Å². The molecule has 32 heavy (non-hydrogen) atoms. The number of ketones is 1. The van der Waals surface area contributed by atoms with Crippen LogP contribution in [-0.2, 0) is 0 Å². The molecule has 8 nitrogen and oxygen atoms in total. The normalized spacial score (nSPS) is 15.0. The molecule has 0 radical (unpaired) electrons. The van der Waals surface area contributed by atoms with Gasteiger partial charge in [-0.25, -0.2) is 9.97 Å². The summed E-state index contributed by atoms with van der Waals surface area (Å²) in [6.45, 7) is 3.63. The fraction of sp³-hybridized carbons (Fsp3) is 0.261. The number of thiophene rings is 1. The number of carbonyl (C=O) groups excluding carboxylic acids is 1. The minimum atomic E-state index is 0.0652. The van der Waals surface area contributed by atoms with Crippen LogP contribution in [0.5, 0.6) is 0 Å². The maximum absolute atomic E-state index is 11.7. The van der Waals surface area contributed by atoms with Crippen LogP contribution in [0.1, 0.15) is 41.0 Å². The van der Waals surface area contributed by atoms with Crippen LogP contribution in [0.2, 0.25) is 0 Å². The van der Waals surface area contributed by atoms with Gasteiger partial charge in [-0.2, -0.15) is 5.10 Å². The van der Waals surface area contributed by atoms with Gasteiger partial charge in [0, 0.05) is 33.6 Å². The summed E-state index contributed by atoms with van der Waals surface area (Å²) in [6, 6.07) is 7.90. The lowest BCUT2D eigenvalue weighted by Gasteiger charge is -2.21. The molecule has 6 heterocycles. The molecule has 1 aliphatic rings. The second-order valence-corrected chi connectivity index (χ2v) is 9.20. The van der Waals surface area contributed by atoms with Crippen molar-refractivity contribution >= 4 is 39.2 Å². The summed E-state index contributed by atoms with van der Waals surface area (Å²) in [5.41, 5.74) is 5.16. The summed E-state index contributed by atoms with van der Waals surface area (Å²) in [4.78, 5) is 30.8. The smallest absolute Gasteiger partial charge is 0.169 e. The van der Waals surface area contributed by atoms with Crippen LogP contribution >= 0.6 is 11.3 Å². The average molecular weight is 444 g/mol. The van der Waals surface area contributed by atoms with Gasteiger partial charge in [0.25, 0.3) is 0 Å². The van der Waals surface area contributed by atoms with Gasteiger partial charge in [-0.3, -0.25) is 14.9 Å². The van der Waals surface area contributed by atoms with Crippen LogP contribution in [-0.4, -0.2) is 49.0 Å². The number of nitrogens with zero attached hydrogens (tertiary/aromatic N) is 4. The highest BCUT2D eigenvalue weighted by molar-refractivity contribution is 7.17. The summed E-state index contributed by atoms with van der Waals surface area (Å²) in [7, 11) is 0. The quantitative estimate of drug-likeness (QED) is 0.357. The molecule has 0 bridgehead atoms. The van der Waals surface area contributed by atoms with Gasteiger partial charge in [0.2, 0.25) is 0 Å². The number of pyridine rings is 2. The van der Waals surface area contributed by atoms with E-state index in [0.29, 0.717) is 17.4 Å². The third-order valence-corrected chi connectivity index (χ3v) is 7.27. The first kappa shape index (κ1) is 19.3. The van der Waals surface area contributed by atoms with Crippen molar-refractivity contribution in [2.45, 2.75) is 25.7 Å². The van der Waals surface area contributed by atoms with Gasteiger partial charge < -0.3 is 10.3 Å². The summed E-state index contributed by atoms with van der Waals surface area (Å²) in [5.74, 6) is 1.19. The molecule has 9 heteroatoms. The fourth-order valence-corrected chi connectivity index (χ4v) is 5.28. The predicted octanol–water partition coefficient (Wildman–Crippen LogP) is 4.29. The molecule has 0 unspecified atom stereocenters. The third kappa shape index (κ3) is 3.21. The maximum atomic E-state index is 11.7. The van der Waals surface area contributed by atoms with E-state index >= 15 is 0 Å². The molecule has 1 saturated heterocycles. The highest BCUT2D eigenvalue weighted by Crippen LogP contribution is 2.35. The zero-order chi connectivity index (χ0) is 21.7. The van der Waals surface area contributed by atoms with E-state index in [4.69, 9.17) is 4.98 Å². The molecular formula is C23H21N7OS. The Balaban J connectivity index is 1.44. The highest BCUT2D eigenvalue weighted by Gasteiger charge is 2.20. The Kier molecular flexibility index (Phi) is 4.58. The molecule has 5 aromatic heterocycles. The van der Waals surface area contributed by atoms with E-state index in [9.17, 15) is 4.79 Å². The van der Waals surface area contributed by atoms with E-state index in [2.05, 4.69) is 36.5 Å². The number of H-pyrrole nitrogens is 2. The van der Waals surface area contributed by atoms with Crippen LogP contribution in [0.15, 0.2) is 36.7 Å². The number of aromatic amines is 2. The average Bonchev–Trinajstić information content (AvgIpc) is 3.56. The summed E-state index contributed by atoms with van der Waals surface area (Å²) in [5, 5.41) is 12.0. The second kappa shape index (κ2) is 7.61. The Labute approximate surface area is 187 Å². The van der Waals surface area contributed by atoms with Gasteiger partial charge in [-0.15, -0.1) is 11.3 Å². The molecule has 0 amide bonds. The standard InChI is InChI=1S/C23H21N7OS/c1-12(31)18-2-3-19(32-18)14-6-9-25-22-20(14)27-23(28-22)21-15-10-16(13-4-7-24-8-5-13)26-11-17(15)29-30-21/h2-3,6,9-11,13,24H,4-5,7-8H2,1H3,(H,29,30)(H,25,27,28). The van der Waals surface area contributed by atoms with Crippen molar-refractivity contribution < 1.29 is 4.79 Å². The molecule has 6 rings (SSSR count). The lowest BCUT2D eigenvalue weighted by Crippen LogP contribution is -2.27. The van der Waals surface area contributed by atoms with E-state index in [1.54, 1.807) is 13.1 Å². The van der Waals surface area contributed by atoms with E-state index in [1.807, 2.05) is 24.4 Å². The number of fused-ring (bicyclic) bond motifs is 2. The van der Waals surface area contributed by atoms with Gasteiger partial charge in [-0.1, -0.05) is 0 Å². The lowest BCUT2D eigenvalue weighted by molar-refractivity contribution is 0.102. The topological polar surface area (TPSA) is 112 Å². The largest absolute Gasteiger partial charge is 0.321 e. The molecule has 160 valence electrons. The van der Waals surface area contributed by atoms with Gasteiger partial charge in [0.05, 0.1) is 16.6 Å². The fourth-order valence-electron chi connectivity index (χ4n) is 4.35. The molecule has 5 aromatic rings. The SMILES string of the molecule is CC(=O)c1ccc(-c2ccnc3[nH]c(-c4n[nH]c5cnc(C6CCNCC6)cc45)nc23)s1. The monoisotopic (exact) mass is 443 g/mol. The van der Waals surface area contributed by atoms with E-state index in [-0.39, 0.29) is 5.78 Å². The van der Waals surface area contributed by atoms with Crippen molar-refractivity contribution in [2.75, 3.05) is 13.1 Å². The van der Waals surface area contributed by atoms with Crippen LogP contribution in [0.25, 0.3) is 44.0 Å². The van der Waals surface area contributed by atoms with E-state index in [0.717, 1.165) is 69.1 Å². The zero-order valence-electron chi connectivity index (χ0n) is 17.5. The number of hydrogen-bond acceptors (Lipinski definition) is 7. The summed E-state index contributed by atoms with van der Waals surface area (Å²) in [6.07, 6.45) is 5.80. The van der Waals surface area contributed by atoms with Crippen molar-refractivity contribution in [1.29, 1.82) is 0 Å². The molecular weight excluding hydrogens is 422 g/mol. The first-order chi connectivity index (χ1) is 15.7. The number of piperidine rings is 1. The molecule has 0 aromatic carbocycles. The number of rotatable bonds is 4. The van der Waals surface area contributed by atoms with Gasteiger partial charge in [0.1, 0.15) is 11.2 Å². The number of imidazole rings is 1. The Hall–Kier alpha value is -3.43. The number of hydrogen-bond donors (Lipinski definition) is 3. The first-order valence-electron chi connectivity index (χ1n) is 10.7.